The minimum absolute atomic E-state index is 0.00484. The fraction of sp³-hybridized carbons (Fsp3) is 0.500. The average molecular weight is 972 g/mol. The van der Waals surface area contributed by atoms with Crippen LogP contribution >= 0.6 is 21.6 Å². The van der Waals surface area contributed by atoms with Crippen molar-refractivity contribution in [2.45, 2.75) is 120 Å². The lowest BCUT2D eigenvalue weighted by Crippen LogP contribution is -2.50. The zero-order valence-electron chi connectivity index (χ0n) is 39.1. The van der Waals surface area contributed by atoms with Gasteiger partial charge in [0.25, 0.3) is 0 Å². The van der Waals surface area contributed by atoms with Crippen LogP contribution in [0.25, 0.3) is 0 Å². The maximum absolute atomic E-state index is 14.3. The molecule has 13 heteroatoms. The third-order valence-corrected chi connectivity index (χ3v) is 19.7. The van der Waals surface area contributed by atoms with Crippen LogP contribution in [-0.4, -0.2) is 73.3 Å². The molecule has 6 aliphatic rings. The number of aromatic amines is 1. The second kappa shape index (κ2) is 19.6. The fourth-order valence-electron chi connectivity index (χ4n) is 13.9. The number of ether oxygens (including phenoxy) is 1. The van der Waals surface area contributed by atoms with Crippen molar-refractivity contribution in [2.24, 2.45) is 45.5 Å². The third-order valence-electron chi connectivity index (χ3n) is 17.2. The highest BCUT2D eigenvalue weighted by molar-refractivity contribution is 8.76. The molecule has 0 amide bonds. The average Bonchev–Trinajstić information content (AvgIpc) is 4.03. The molecule has 0 unspecified atom stereocenters. The number of nitrogens with one attached hydrogen (secondary N) is 1. The zero-order chi connectivity index (χ0) is 48.1. The summed E-state index contributed by atoms with van der Waals surface area (Å²) < 4.78 is 6.19. The number of benzene rings is 3. The summed E-state index contributed by atoms with van der Waals surface area (Å²) in [5, 5.41) is 55.7. The number of aromatic nitrogens is 1. The number of phenolic OH excluding ortho intramolecular Hbond substituents is 2. The molecular weight excluding hydrogens is 907 g/mol. The first-order valence-electron chi connectivity index (χ1n) is 24.8. The van der Waals surface area contributed by atoms with Gasteiger partial charge in [-0.1, -0.05) is 70.2 Å². The van der Waals surface area contributed by atoms with Crippen LogP contribution in [-0.2, 0) is 29.8 Å². The van der Waals surface area contributed by atoms with Crippen LogP contribution in [0.1, 0.15) is 138 Å². The molecule has 1 aromatic heterocycles. The second-order valence-corrected chi connectivity index (χ2v) is 23.8. The first-order chi connectivity index (χ1) is 33.3. The molecule has 4 saturated carbocycles. The van der Waals surface area contributed by atoms with Gasteiger partial charge in [-0.2, -0.15) is 0 Å². The molecule has 11 nitrogen and oxygen atoms in total. The molecule has 69 heavy (non-hydrogen) atoms. The lowest BCUT2D eigenvalue weighted by Gasteiger charge is -2.57. The number of rotatable bonds is 4. The highest BCUT2D eigenvalue weighted by Gasteiger charge is 2.65. The Kier molecular flexibility index (Phi) is 13.7. The standard InChI is InChI=1S/C56H65N3O8S2/c57-53(58)43-22-35-3-1-5-47-41(13-17-59-47)50(65)24-44-42(35)23-37(43)30-68-69-32-56-25-36-21-38-4-2-15-54(38,26-40(62)29-60)27-46(36)55(31-56,28-52(56)66)16-12-39(61)9-6-33-8-11-49(64)51(20-33)67-18-14-34-7-10-48(63)45(44)19-34/h7-8,10-13,16-17,19-20,22-23,36,38,40,44,46,52-53,59-60,62-64,66H,2,4-6,9,14-15,18,21,24-32,57-58H2/b16-12-/t36-,38+,40-,44+,46-,52-,54+,55-,56-/m0/s1. The molecule has 5 aliphatic carbocycles. The Hall–Kier alpha value is -4.52. The first-order valence-corrected chi connectivity index (χ1v) is 27.3. The number of H-pyrrole nitrogens is 1. The van der Waals surface area contributed by atoms with Gasteiger partial charge in [-0.15, -0.1) is 0 Å². The van der Waals surface area contributed by atoms with E-state index in [4.69, 9.17) is 16.2 Å². The van der Waals surface area contributed by atoms with E-state index in [9.17, 15) is 35.1 Å². The number of carbonyl (C=O) groups excluding carboxylic acids is 2. The summed E-state index contributed by atoms with van der Waals surface area (Å²) in [6.07, 6.45) is 13.2. The highest BCUT2D eigenvalue weighted by atomic mass is 33.1. The molecule has 364 valence electrons. The summed E-state index contributed by atoms with van der Waals surface area (Å²) in [7, 11) is 3.45. The van der Waals surface area contributed by atoms with Crippen molar-refractivity contribution >= 4 is 33.2 Å². The quantitative estimate of drug-likeness (QED) is 0.0551. The van der Waals surface area contributed by atoms with E-state index in [2.05, 4.69) is 29.0 Å². The first kappa shape index (κ1) is 48.1. The number of aromatic hydroxyl groups is 2. The Bertz CT molecular complexity index is 2710. The molecule has 9 atom stereocenters. The van der Waals surface area contributed by atoms with Gasteiger partial charge in [-0.3, -0.25) is 9.59 Å². The monoisotopic (exact) mass is 971 g/mol. The predicted octanol–water partition coefficient (Wildman–Crippen LogP) is 8.32. The van der Waals surface area contributed by atoms with E-state index in [0.29, 0.717) is 77.9 Å². The maximum atomic E-state index is 14.3. The molecule has 0 radical (unpaired) electrons. The van der Waals surface area contributed by atoms with E-state index in [0.717, 1.165) is 78.5 Å². The number of aliphatic hydroxyl groups is 3. The van der Waals surface area contributed by atoms with E-state index in [-0.39, 0.29) is 65.9 Å². The molecule has 4 aromatic rings. The minimum atomic E-state index is -0.802. The number of aliphatic hydroxyl groups excluding tert-OH is 3. The van der Waals surface area contributed by atoms with E-state index >= 15 is 0 Å². The summed E-state index contributed by atoms with van der Waals surface area (Å²) in [6, 6.07) is 16.5. The number of fused-ring (bicyclic) bond motifs is 9. The van der Waals surface area contributed by atoms with Gasteiger partial charge in [0.15, 0.2) is 23.1 Å². The van der Waals surface area contributed by atoms with E-state index in [1.54, 1.807) is 58.1 Å². The summed E-state index contributed by atoms with van der Waals surface area (Å²) in [5.74, 6) is 8.71. The number of allylic oxidation sites excluding steroid dienone is 2. The molecule has 10 N–H and O–H groups in total. The zero-order valence-corrected chi connectivity index (χ0v) is 40.8. The molecule has 8 bridgehead atoms. The van der Waals surface area contributed by atoms with Crippen molar-refractivity contribution in [2.75, 3.05) is 19.0 Å². The van der Waals surface area contributed by atoms with Crippen molar-refractivity contribution in [3.63, 3.8) is 0 Å². The number of aryl methyl sites for hydroxylation is 1. The van der Waals surface area contributed by atoms with Crippen LogP contribution in [0.2, 0.25) is 0 Å². The van der Waals surface area contributed by atoms with Crippen LogP contribution in [0, 0.1) is 45.8 Å². The van der Waals surface area contributed by atoms with Crippen LogP contribution in [0.4, 0.5) is 0 Å². The van der Waals surface area contributed by atoms with Crippen molar-refractivity contribution in [1.29, 1.82) is 0 Å². The van der Waals surface area contributed by atoms with Crippen molar-refractivity contribution in [3.8, 4) is 29.1 Å². The Morgan fingerprint density at radius 1 is 0.942 bits per heavy atom. The van der Waals surface area contributed by atoms with Gasteiger partial charge in [0.05, 0.1) is 38.0 Å². The van der Waals surface area contributed by atoms with Gasteiger partial charge in [0, 0.05) is 70.7 Å². The largest absolute Gasteiger partial charge is 0.508 e. The normalized spacial score (nSPS) is 31.1. The molecule has 4 fully saturated rings. The lowest BCUT2D eigenvalue weighted by molar-refractivity contribution is -0.114. The second-order valence-electron chi connectivity index (χ2n) is 21.3. The Labute approximate surface area is 412 Å². The third kappa shape index (κ3) is 9.43. The highest BCUT2D eigenvalue weighted by Crippen LogP contribution is 2.71. The minimum Gasteiger partial charge on any atom is -0.508 e. The van der Waals surface area contributed by atoms with Gasteiger partial charge in [-0.25, -0.2) is 0 Å². The Morgan fingerprint density at radius 3 is 2.59 bits per heavy atom. The number of ketones is 2. The number of phenols is 2. The summed E-state index contributed by atoms with van der Waals surface area (Å²) in [4.78, 5) is 31.4. The van der Waals surface area contributed by atoms with Crippen LogP contribution in [0.3, 0.4) is 0 Å². The topological polar surface area (TPSA) is 212 Å². The predicted molar refractivity (Wildman–Crippen MR) is 270 cm³/mol. The van der Waals surface area contributed by atoms with Crippen LogP contribution in [0.15, 0.2) is 72.9 Å². The van der Waals surface area contributed by atoms with E-state index in [1.165, 1.54) is 0 Å². The molecule has 10 rings (SSSR count). The Morgan fingerprint density at radius 2 is 1.77 bits per heavy atom. The summed E-state index contributed by atoms with van der Waals surface area (Å²) in [6.45, 7) is -0.0329. The van der Waals surface area contributed by atoms with Gasteiger partial charge >= 0.3 is 0 Å². The summed E-state index contributed by atoms with van der Waals surface area (Å²) in [5.41, 5.74) is 19.0. The van der Waals surface area contributed by atoms with E-state index < -0.39 is 29.7 Å². The smallest absolute Gasteiger partial charge is 0.165 e. The molecular formula is C56H65N3O8S2. The Balaban J connectivity index is 1.03. The molecule has 0 saturated heterocycles. The molecule has 2 heterocycles. The number of carbonyl (C=O) groups is 2. The van der Waals surface area contributed by atoms with Gasteiger partial charge in [0.2, 0.25) is 0 Å². The van der Waals surface area contributed by atoms with Crippen molar-refractivity contribution in [3.05, 3.63) is 123 Å². The fourth-order valence-corrected chi connectivity index (χ4v) is 16.7. The SMILES string of the molecule is NC(N)c1cc2c3cc1CSSC[C@@]14C[C@@H]5C[C@H]6CCC[C@@]6(C[C@H](O)CO)C[C@@H]5[C@@](/C=C\C(=O)CCc5ccc(O)c(c5)OCCc5ccc(O)c(c5)[C@@H]3CC(=O)c3cc[nH]c3CC#C2)(C[C@@H]1O)C4. The molecule has 0 spiro atoms. The lowest BCUT2D eigenvalue weighted by atomic mass is 9.48. The molecule has 1 aliphatic heterocycles. The number of hydrogen-bond donors (Lipinski definition) is 8. The van der Waals surface area contributed by atoms with Gasteiger partial charge in [0.1, 0.15) is 5.75 Å². The van der Waals surface area contributed by atoms with Gasteiger partial charge in [-0.05, 0) is 151 Å². The number of Topliss-reactive ketones (excluding diaryl/α,β-unsaturated/α-hetero) is 1. The van der Waals surface area contributed by atoms with E-state index in [1.807, 2.05) is 24.3 Å². The number of nitrogens with two attached hydrogens (primary N) is 2. The van der Waals surface area contributed by atoms with Crippen LogP contribution in [0.5, 0.6) is 17.2 Å². The van der Waals surface area contributed by atoms with Gasteiger partial charge < -0.3 is 46.7 Å². The van der Waals surface area contributed by atoms with Crippen molar-refractivity contribution < 1.29 is 39.9 Å². The van der Waals surface area contributed by atoms with Crippen molar-refractivity contribution in [1.82, 2.24) is 4.98 Å². The molecule has 3 aromatic carbocycles. The summed E-state index contributed by atoms with van der Waals surface area (Å²) >= 11 is 0. The van der Waals surface area contributed by atoms with Crippen LogP contribution < -0.4 is 16.2 Å². The maximum Gasteiger partial charge on any atom is 0.165 e. The number of hydrogen-bond acceptors (Lipinski definition) is 12.